The predicted octanol–water partition coefficient (Wildman–Crippen LogP) is 2.85. The lowest BCUT2D eigenvalue weighted by Gasteiger charge is -2.17. The van der Waals surface area contributed by atoms with Crippen molar-refractivity contribution >= 4 is 69.4 Å². The molecule has 1 aliphatic rings. The largest absolute Gasteiger partial charge is 0.493 e. The number of hydrogen-bond donors (Lipinski definition) is 3. The summed E-state index contributed by atoms with van der Waals surface area (Å²) in [5.74, 6) is -0.748. The molecule has 0 saturated carbocycles. The van der Waals surface area contributed by atoms with Gasteiger partial charge in [0.2, 0.25) is 0 Å². The summed E-state index contributed by atoms with van der Waals surface area (Å²) >= 11 is 6.83. The molecule has 0 bridgehead atoms. The highest BCUT2D eigenvalue weighted by molar-refractivity contribution is 14.1. The maximum Gasteiger partial charge on any atom is 0.263 e. The minimum atomic E-state index is -0.587. The van der Waals surface area contributed by atoms with Crippen molar-refractivity contribution in [1.82, 2.24) is 10.6 Å². The van der Waals surface area contributed by atoms with E-state index in [-0.39, 0.29) is 23.2 Å². The van der Waals surface area contributed by atoms with Crippen LogP contribution in [0, 0.1) is 17.4 Å². The Morgan fingerprint density at radius 2 is 1.84 bits per heavy atom. The molecule has 10 heteroatoms. The molecule has 3 N–H and O–H groups in total. The normalized spacial score (nSPS) is 13.2. The number of anilines is 1. The van der Waals surface area contributed by atoms with E-state index in [2.05, 4.69) is 16.0 Å². The molecule has 3 rings (SSSR count). The summed E-state index contributed by atoms with van der Waals surface area (Å²) in [5.41, 5.74) is 3.18. The van der Waals surface area contributed by atoms with Crippen LogP contribution in [0.25, 0.3) is 6.08 Å². The Hall–Kier alpha value is -2.99. The van der Waals surface area contributed by atoms with Crippen molar-refractivity contribution < 1.29 is 23.9 Å². The number of carbonyl (C=O) groups excluding carboxylic acids is 3. The fraction of sp³-hybridized carbons (Fsp3) is 0.182. The van der Waals surface area contributed by atoms with Crippen LogP contribution in [-0.2, 0) is 14.4 Å². The summed E-state index contributed by atoms with van der Waals surface area (Å²) in [6, 6.07) is 9.12. The lowest BCUT2D eigenvalue weighted by molar-refractivity contribution is -0.123. The van der Waals surface area contributed by atoms with E-state index < -0.39 is 11.8 Å². The molecule has 0 atom stereocenters. The van der Waals surface area contributed by atoms with E-state index >= 15 is 0 Å². The van der Waals surface area contributed by atoms with Gasteiger partial charge in [-0.3, -0.25) is 25.0 Å². The molecule has 0 aliphatic carbocycles. The molecule has 2 aromatic carbocycles. The van der Waals surface area contributed by atoms with Gasteiger partial charge in [-0.25, -0.2) is 0 Å². The van der Waals surface area contributed by atoms with E-state index in [1.54, 1.807) is 12.1 Å². The molecule has 0 unspecified atom stereocenters. The molecule has 32 heavy (non-hydrogen) atoms. The number of thiocarbonyl (C=S) groups is 1. The Balaban J connectivity index is 1.77. The third kappa shape index (κ3) is 5.62. The van der Waals surface area contributed by atoms with Gasteiger partial charge in [0.25, 0.3) is 17.7 Å². The molecule has 1 aliphatic heterocycles. The maximum absolute atomic E-state index is 12.4. The number of hydrogen-bond acceptors (Lipinski definition) is 6. The molecule has 1 heterocycles. The Labute approximate surface area is 203 Å². The first-order valence-corrected chi connectivity index (χ1v) is 10.9. The molecule has 0 spiro atoms. The molecule has 8 nitrogen and oxygen atoms in total. The van der Waals surface area contributed by atoms with Crippen LogP contribution in [0.1, 0.15) is 16.7 Å². The van der Waals surface area contributed by atoms with Crippen LogP contribution in [0.4, 0.5) is 5.69 Å². The van der Waals surface area contributed by atoms with E-state index in [4.69, 9.17) is 21.7 Å². The van der Waals surface area contributed by atoms with Crippen LogP contribution >= 0.6 is 34.8 Å². The summed E-state index contributed by atoms with van der Waals surface area (Å²) in [7, 11) is 1.46. The van der Waals surface area contributed by atoms with Crippen molar-refractivity contribution in [2.45, 2.75) is 13.8 Å². The van der Waals surface area contributed by atoms with Crippen molar-refractivity contribution in [3.8, 4) is 11.5 Å². The van der Waals surface area contributed by atoms with Crippen molar-refractivity contribution in [3.05, 3.63) is 56.2 Å². The smallest absolute Gasteiger partial charge is 0.263 e. The Bertz CT molecular complexity index is 1140. The Kier molecular flexibility index (Phi) is 7.46. The van der Waals surface area contributed by atoms with Crippen LogP contribution in [0.15, 0.2) is 35.9 Å². The molecule has 166 valence electrons. The van der Waals surface area contributed by atoms with Gasteiger partial charge in [-0.1, -0.05) is 12.1 Å². The zero-order valence-corrected chi connectivity index (χ0v) is 20.5. The zero-order chi connectivity index (χ0) is 23.4. The average molecular weight is 565 g/mol. The van der Waals surface area contributed by atoms with Crippen molar-refractivity contribution in [3.63, 3.8) is 0 Å². The highest BCUT2D eigenvalue weighted by Crippen LogP contribution is 2.34. The van der Waals surface area contributed by atoms with E-state index in [1.165, 1.54) is 13.2 Å². The van der Waals surface area contributed by atoms with Crippen LogP contribution in [-0.4, -0.2) is 36.6 Å². The summed E-state index contributed by atoms with van der Waals surface area (Å²) < 4.78 is 11.8. The van der Waals surface area contributed by atoms with E-state index in [9.17, 15) is 14.4 Å². The second kappa shape index (κ2) is 10.1. The Morgan fingerprint density at radius 3 is 2.50 bits per heavy atom. The lowest BCUT2D eigenvalue weighted by Crippen LogP contribution is -2.51. The summed E-state index contributed by atoms with van der Waals surface area (Å²) in [5, 5.41) is 7.58. The van der Waals surface area contributed by atoms with Gasteiger partial charge in [0.1, 0.15) is 5.57 Å². The first-order chi connectivity index (χ1) is 15.2. The molecule has 3 amide bonds. The van der Waals surface area contributed by atoms with Gasteiger partial charge in [-0.15, -0.1) is 0 Å². The maximum atomic E-state index is 12.4. The van der Waals surface area contributed by atoms with E-state index in [1.807, 2.05) is 54.6 Å². The molecule has 1 fully saturated rings. The van der Waals surface area contributed by atoms with Crippen LogP contribution in [0.3, 0.4) is 0 Å². The van der Waals surface area contributed by atoms with Gasteiger partial charge in [0.05, 0.1) is 10.7 Å². The van der Waals surface area contributed by atoms with Gasteiger partial charge in [-0.2, -0.15) is 0 Å². The SMILES string of the molecule is COc1cc(C=C2C(=O)NC(=S)NC2=O)cc(I)c1OCC(=O)Nc1cc(C)ccc1C. The molecule has 1 saturated heterocycles. The average Bonchev–Trinajstić information content (AvgIpc) is 2.72. The van der Waals surface area contributed by atoms with Gasteiger partial charge >= 0.3 is 0 Å². The summed E-state index contributed by atoms with van der Waals surface area (Å²) in [4.78, 5) is 36.5. The van der Waals surface area contributed by atoms with Crippen LogP contribution in [0.5, 0.6) is 11.5 Å². The fourth-order valence-electron chi connectivity index (χ4n) is 2.93. The number of ether oxygens (including phenoxy) is 2. The lowest BCUT2D eigenvalue weighted by atomic mass is 10.1. The number of amides is 3. The summed E-state index contributed by atoms with van der Waals surface area (Å²) in [6.45, 7) is 3.64. The first-order valence-electron chi connectivity index (χ1n) is 9.43. The monoisotopic (exact) mass is 565 g/mol. The van der Waals surface area contributed by atoms with E-state index in [0.717, 1.165) is 16.8 Å². The molecule has 2 aromatic rings. The van der Waals surface area contributed by atoms with Crippen molar-refractivity contribution in [2.75, 3.05) is 19.0 Å². The van der Waals surface area contributed by atoms with Gasteiger partial charge in [0, 0.05) is 5.69 Å². The number of nitrogens with one attached hydrogen (secondary N) is 3. The summed E-state index contributed by atoms with van der Waals surface area (Å²) in [6.07, 6.45) is 1.42. The highest BCUT2D eigenvalue weighted by Gasteiger charge is 2.26. The first kappa shape index (κ1) is 23.7. The van der Waals surface area contributed by atoms with Crippen molar-refractivity contribution in [2.24, 2.45) is 0 Å². The number of benzene rings is 2. The molecule has 0 radical (unpaired) electrons. The van der Waals surface area contributed by atoms with E-state index in [0.29, 0.717) is 20.6 Å². The number of rotatable bonds is 6. The zero-order valence-electron chi connectivity index (χ0n) is 17.5. The number of methoxy groups -OCH3 is 1. The second-order valence-corrected chi connectivity index (χ2v) is 8.56. The quantitative estimate of drug-likeness (QED) is 0.216. The van der Waals surface area contributed by atoms with Gasteiger partial charge < -0.3 is 14.8 Å². The molecule has 0 aromatic heterocycles. The number of halogens is 1. The standard InChI is InChI=1S/C22H20IN3O5S/c1-11-4-5-12(2)16(6-11)24-18(27)10-31-19-15(23)8-13(9-17(19)30-3)7-14-20(28)25-22(32)26-21(14)29/h4-9H,10H2,1-3H3,(H,24,27)(H2,25,26,28,29,32). The second-order valence-electron chi connectivity index (χ2n) is 6.98. The van der Waals surface area contributed by atoms with Crippen LogP contribution < -0.4 is 25.4 Å². The molecular formula is C22H20IN3O5S. The minimum Gasteiger partial charge on any atom is -0.493 e. The number of aryl methyl sites for hydroxylation is 2. The topological polar surface area (TPSA) is 106 Å². The van der Waals surface area contributed by atoms with Gasteiger partial charge in [-0.05, 0) is 89.6 Å². The number of carbonyl (C=O) groups is 3. The van der Waals surface area contributed by atoms with Crippen LogP contribution in [0.2, 0.25) is 0 Å². The third-order valence-electron chi connectivity index (χ3n) is 4.52. The van der Waals surface area contributed by atoms with Gasteiger partial charge in [0.15, 0.2) is 23.2 Å². The third-order valence-corrected chi connectivity index (χ3v) is 5.53. The Morgan fingerprint density at radius 1 is 1.16 bits per heavy atom. The fourth-order valence-corrected chi connectivity index (χ4v) is 3.90. The minimum absolute atomic E-state index is 0.0350. The van der Waals surface area contributed by atoms with Crippen molar-refractivity contribution in [1.29, 1.82) is 0 Å². The predicted molar refractivity (Wildman–Crippen MR) is 133 cm³/mol. The highest BCUT2D eigenvalue weighted by atomic mass is 127. The molecular weight excluding hydrogens is 545 g/mol.